The molecule has 1 heterocycles. The SMILES string of the molecule is COC[C@H]1[C@@H]2CNC[C@@]21c1ccc2ccccc2c1. The van der Waals surface area contributed by atoms with Crippen molar-refractivity contribution in [3.05, 3.63) is 48.0 Å². The Kier molecular flexibility index (Phi) is 2.44. The molecule has 2 aliphatic rings. The molecular formula is C17H19NO. The lowest BCUT2D eigenvalue weighted by atomic mass is 9.91. The van der Waals surface area contributed by atoms with Crippen molar-refractivity contribution in [3.8, 4) is 0 Å². The lowest BCUT2D eigenvalue weighted by Gasteiger charge is -2.16. The molecule has 1 aliphatic carbocycles. The Morgan fingerprint density at radius 2 is 2.05 bits per heavy atom. The molecule has 2 aromatic carbocycles. The Balaban J connectivity index is 1.77. The first-order valence-electron chi connectivity index (χ1n) is 7.05. The molecule has 2 heteroatoms. The molecule has 1 aliphatic heterocycles. The van der Waals surface area contributed by atoms with Gasteiger partial charge in [0.05, 0.1) is 6.61 Å². The van der Waals surface area contributed by atoms with Crippen molar-refractivity contribution in [2.24, 2.45) is 11.8 Å². The Morgan fingerprint density at radius 3 is 2.89 bits per heavy atom. The van der Waals surface area contributed by atoms with Gasteiger partial charge in [0, 0.05) is 19.1 Å². The van der Waals surface area contributed by atoms with Crippen molar-refractivity contribution >= 4 is 10.8 Å². The number of piperidine rings is 1. The molecule has 0 aromatic heterocycles. The van der Waals surface area contributed by atoms with Gasteiger partial charge in [0.25, 0.3) is 0 Å². The van der Waals surface area contributed by atoms with E-state index in [1.165, 1.54) is 16.3 Å². The molecule has 0 radical (unpaired) electrons. The molecule has 1 N–H and O–H groups in total. The summed E-state index contributed by atoms with van der Waals surface area (Å²) in [5.74, 6) is 1.45. The van der Waals surface area contributed by atoms with Crippen LogP contribution in [0.4, 0.5) is 0 Å². The van der Waals surface area contributed by atoms with Crippen molar-refractivity contribution in [1.29, 1.82) is 0 Å². The molecule has 4 rings (SSSR count). The molecule has 0 spiro atoms. The van der Waals surface area contributed by atoms with Gasteiger partial charge >= 0.3 is 0 Å². The summed E-state index contributed by atoms with van der Waals surface area (Å²) in [5.41, 5.74) is 1.82. The van der Waals surface area contributed by atoms with E-state index in [0.717, 1.165) is 25.6 Å². The van der Waals surface area contributed by atoms with Crippen LogP contribution in [0.3, 0.4) is 0 Å². The van der Waals surface area contributed by atoms with Crippen LogP contribution in [0.15, 0.2) is 42.5 Å². The maximum absolute atomic E-state index is 5.41. The minimum Gasteiger partial charge on any atom is -0.384 e. The smallest absolute Gasteiger partial charge is 0.0503 e. The van der Waals surface area contributed by atoms with E-state index in [1.807, 2.05) is 7.11 Å². The second kappa shape index (κ2) is 4.06. The average molecular weight is 253 g/mol. The number of benzene rings is 2. The van der Waals surface area contributed by atoms with E-state index >= 15 is 0 Å². The van der Waals surface area contributed by atoms with Gasteiger partial charge in [0.2, 0.25) is 0 Å². The van der Waals surface area contributed by atoms with Gasteiger partial charge in [-0.2, -0.15) is 0 Å². The number of fused-ring (bicyclic) bond motifs is 2. The lowest BCUT2D eigenvalue weighted by molar-refractivity contribution is 0.172. The fourth-order valence-corrected chi connectivity index (χ4v) is 4.08. The highest BCUT2D eigenvalue weighted by atomic mass is 16.5. The topological polar surface area (TPSA) is 21.3 Å². The van der Waals surface area contributed by atoms with Crippen LogP contribution in [0.25, 0.3) is 10.8 Å². The molecular weight excluding hydrogens is 234 g/mol. The maximum Gasteiger partial charge on any atom is 0.0503 e. The molecule has 98 valence electrons. The molecule has 1 saturated heterocycles. The molecule has 0 amide bonds. The summed E-state index contributed by atoms with van der Waals surface area (Å²) < 4.78 is 5.41. The summed E-state index contributed by atoms with van der Waals surface area (Å²) in [4.78, 5) is 0. The molecule has 2 fully saturated rings. The lowest BCUT2D eigenvalue weighted by Crippen LogP contribution is -2.25. The number of hydrogen-bond donors (Lipinski definition) is 1. The first kappa shape index (κ1) is 11.4. The minimum atomic E-state index is 0.333. The van der Waals surface area contributed by atoms with E-state index in [2.05, 4.69) is 47.8 Å². The van der Waals surface area contributed by atoms with E-state index in [0.29, 0.717) is 11.3 Å². The highest BCUT2D eigenvalue weighted by Crippen LogP contribution is 2.62. The van der Waals surface area contributed by atoms with Gasteiger partial charge in [-0.1, -0.05) is 42.5 Å². The van der Waals surface area contributed by atoms with Crippen LogP contribution in [-0.2, 0) is 10.2 Å². The largest absolute Gasteiger partial charge is 0.384 e. The van der Waals surface area contributed by atoms with Crippen LogP contribution < -0.4 is 5.32 Å². The zero-order chi connectivity index (χ0) is 12.9. The van der Waals surface area contributed by atoms with Gasteiger partial charge in [-0.15, -0.1) is 0 Å². The van der Waals surface area contributed by atoms with Crippen molar-refractivity contribution in [2.45, 2.75) is 5.41 Å². The Hall–Kier alpha value is -1.38. The molecule has 2 aromatic rings. The van der Waals surface area contributed by atoms with Crippen molar-refractivity contribution in [3.63, 3.8) is 0 Å². The van der Waals surface area contributed by atoms with Gasteiger partial charge in [0.15, 0.2) is 0 Å². The van der Waals surface area contributed by atoms with Crippen LogP contribution in [0.1, 0.15) is 5.56 Å². The summed E-state index contributed by atoms with van der Waals surface area (Å²) in [7, 11) is 1.82. The zero-order valence-electron chi connectivity index (χ0n) is 11.2. The van der Waals surface area contributed by atoms with Gasteiger partial charge in [-0.25, -0.2) is 0 Å². The van der Waals surface area contributed by atoms with Gasteiger partial charge < -0.3 is 10.1 Å². The van der Waals surface area contributed by atoms with Gasteiger partial charge in [-0.05, 0) is 34.7 Å². The van der Waals surface area contributed by atoms with Gasteiger partial charge in [-0.3, -0.25) is 0 Å². The van der Waals surface area contributed by atoms with E-state index < -0.39 is 0 Å². The fraction of sp³-hybridized carbons (Fsp3) is 0.412. The monoisotopic (exact) mass is 253 g/mol. The number of methoxy groups -OCH3 is 1. The Labute approximate surface area is 113 Å². The summed E-state index contributed by atoms with van der Waals surface area (Å²) in [6, 6.07) is 15.6. The number of ether oxygens (including phenoxy) is 1. The second-order valence-corrected chi connectivity index (χ2v) is 5.90. The summed E-state index contributed by atoms with van der Waals surface area (Å²) in [6.45, 7) is 3.13. The van der Waals surface area contributed by atoms with Crippen LogP contribution in [0, 0.1) is 11.8 Å². The highest BCUT2D eigenvalue weighted by Gasteiger charge is 2.67. The Morgan fingerprint density at radius 1 is 1.21 bits per heavy atom. The van der Waals surface area contributed by atoms with Crippen molar-refractivity contribution < 1.29 is 4.74 Å². The normalized spacial score (nSPS) is 32.5. The summed E-state index contributed by atoms with van der Waals surface area (Å²) in [5, 5.41) is 6.22. The van der Waals surface area contributed by atoms with Crippen LogP contribution in [-0.4, -0.2) is 26.8 Å². The van der Waals surface area contributed by atoms with Gasteiger partial charge in [0.1, 0.15) is 0 Å². The highest BCUT2D eigenvalue weighted by molar-refractivity contribution is 5.83. The first-order valence-corrected chi connectivity index (χ1v) is 7.05. The van der Waals surface area contributed by atoms with E-state index in [9.17, 15) is 0 Å². The third-order valence-corrected chi connectivity index (χ3v) is 5.11. The predicted molar refractivity (Wildman–Crippen MR) is 77.4 cm³/mol. The van der Waals surface area contributed by atoms with E-state index in [1.54, 1.807) is 0 Å². The standard InChI is InChI=1S/C17H19NO/c1-19-10-16-15-9-18-11-17(15,16)14-7-6-12-4-2-3-5-13(12)8-14/h2-8,15-16,18H,9-11H2,1H3/t15-,16-,17+/m0/s1. The average Bonchev–Trinajstić information content (AvgIpc) is 2.85. The molecule has 3 atom stereocenters. The third kappa shape index (κ3) is 1.50. The number of rotatable bonds is 3. The number of hydrogen-bond acceptors (Lipinski definition) is 2. The van der Waals surface area contributed by atoms with Crippen molar-refractivity contribution in [1.82, 2.24) is 5.32 Å². The fourth-order valence-electron chi connectivity index (χ4n) is 4.08. The zero-order valence-corrected chi connectivity index (χ0v) is 11.2. The third-order valence-electron chi connectivity index (χ3n) is 5.11. The summed E-state index contributed by atoms with van der Waals surface area (Å²) in [6.07, 6.45) is 0. The molecule has 2 nitrogen and oxygen atoms in total. The second-order valence-electron chi connectivity index (χ2n) is 5.90. The molecule has 0 unspecified atom stereocenters. The quantitative estimate of drug-likeness (QED) is 0.907. The maximum atomic E-state index is 5.41. The molecule has 19 heavy (non-hydrogen) atoms. The van der Waals surface area contributed by atoms with E-state index in [4.69, 9.17) is 4.74 Å². The Bertz CT molecular complexity index is 623. The van der Waals surface area contributed by atoms with E-state index in [-0.39, 0.29) is 0 Å². The molecule has 1 saturated carbocycles. The van der Waals surface area contributed by atoms with Crippen molar-refractivity contribution in [2.75, 3.05) is 26.8 Å². The van der Waals surface area contributed by atoms with Crippen LogP contribution in [0.2, 0.25) is 0 Å². The number of nitrogens with one attached hydrogen (secondary N) is 1. The van der Waals surface area contributed by atoms with Crippen LogP contribution in [0.5, 0.6) is 0 Å². The van der Waals surface area contributed by atoms with Crippen LogP contribution >= 0.6 is 0 Å². The first-order chi connectivity index (χ1) is 9.36. The molecule has 0 bridgehead atoms. The minimum absolute atomic E-state index is 0.333. The predicted octanol–water partition coefficient (Wildman–Crippen LogP) is 2.57. The summed E-state index contributed by atoms with van der Waals surface area (Å²) >= 11 is 0.